The van der Waals surface area contributed by atoms with E-state index in [1.807, 2.05) is 11.3 Å². The number of rotatable bonds is 5. The molecule has 1 saturated heterocycles. The molecule has 2 aliphatic rings. The van der Waals surface area contributed by atoms with Gasteiger partial charge in [-0.1, -0.05) is 0 Å². The maximum atomic E-state index is 5.55. The number of thiazole rings is 1. The molecule has 1 aliphatic carbocycles. The van der Waals surface area contributed by atoms with Crippen LogP contribution in [-0.4, -0.2) is 30.8 Å². The Kier molecular flexibility index (Phi) is 3.68. The fraction of sp³-hybridized carbons (Fsp3) is 0.786. The Morgan fingerprint density at radius 2 is 2.22 bits per heavy atom. The van der Waals surface area contributed by atoms with Gasteiger partial charge in [0.2, 0.25) is 0 Å². The van der Waals surface area contributed by atoms with Crippen molar-refractivity contribution in [2.45, 2.75) is 45.1 Å². The maximum Gasteiger partial charge on any atom is 0.0934 e. The summed E-state index contributed by atoms with van der Waals surface area (Å²) in [6.07, 6.45) is 6.19. The van der Waals surface area contributed by atoms with E-state index in [0.717, 1.165) is 37.9 Å². The van der Waals surface area contributed by atoms with Crippen molar-refractivity contribution in [2.75, 3.05) is 19.8 Å². The minimum absolute atomic E-state index is 0.380. The lowest BCUT2D eigenvalue weighted by Crippen LogP contribution is -2.41. The molecule has 0 aromatic carbocycles. The molecular weight excluding hydrogens is 244 g/mol. The van der Waals surface area contributed by atoms with Crippen molar-refractivity contribution in [3.05, 3.63) is 16.1 Å². The number of ether oxygens (including phenoxy) is 1. The second-order valence-corrected chi connectivity index (χ2v) is 6.77. The van der Waals surface area contributed by atoms with E-state index in [-0.39, 0.29) is 0 Å². The Bertz CT molecular complexity index is 394. The highest BCUT2D eigenvalue weighted by atomic mass is 32.1. The van der Waals surface area contributed by atoms with Crippen LogP contribution in [0.25, 0.3) is 0 Å². The quantitative estimate of drug-likeness (QED) is 0.889. The molecule has 0 bridgehead atoms. The summed E-state index contributed by atoms with van der Waals surface area (Å²) in [7, 11) is 0. The van der Waals surface area contributed by atoms with Gasteiger partial charge in [-0.3, -0.25) is 0 Å². The summed E-state index contributed by atoms with van der Waals surface area (Å²) in [6.45, 7) is 5.05. The topological polar surface area (TPSA) is 34.1 Å². The lowest BCUT2D eigenvalue weighted by molar-refractivity contribution is 0.0147. The van der Waals surface area contributed by atoms with E-state index in [9.17, 15) is 0 Å². The van der Waals surface area contributed by atoms with E-state index in [4.69, 9.17) is 4.74 Å². The van der Waals surface area contributed by atoms with Crippen LogP contribution < -0.4 is 5.32 Å². The van der Waals surface area contributed by atoms with Crippen molar-refractivity contribution in [3.8, 4) is 0 Å². The SMILES string of the molecule is Cc1csc(CC2(CNC3CC3)CCOCC2)n1. The molecule has 18 heavy (non-hydrogen) atoms. The zero-order valence-electron chi connectivity index (χ0n) is 11.1. The zero-order valence-corrected chi connectivity index (χ0v) is 11.9. The first-order valence-electron chi connectivity index (χ1n) is 6.98. The van der Waals surface area contributed by atoms with Gasteiger partial charge < -0.3 is 10.1 Å². The molecule has 4 heteroatoms. The molecule has 0 radical (unpaired) electrons. The highest BCUT2D eigenvalue weighted by Gasteiger charge is 2.35. The van der Waals surface area contributed by atoms with Gasteiger partial charge in [-0.2, -0.15) is 0 Å². The molecule has 1 saturated carbocycles. The summed E-state index contributed by atoms with van der Waals surface area (Å²) in [5.41, 5.74) is 1.54. The second kappa shape index (κ2) is 5.27. The Hall–Kier alpha value is -0.450. The van der Waals surface area contributed by atoms with Crippen LogP contribution in [0.5, 0.6) is 0 Å². The molecule has 1 aromatic rings. The monoisotopic (exact) mass is 266 g/mol. The molecule has 100 valence electrons. The minimum atomic E-state index is 0.380. The van der Waals surface area contributed by atoms with Gasteiger partial charge in [0.05, 0.1) is 5.01 Å². The summed E-state index contributed by atoms with van der Waals surface area (Å²) in [4.78, 5) is 4.64. The van der Waals surface area contributed by atoms with Crippen molar-refractivity contribution in [1.29, 1.82) is 0 Å². The molecule has 3 rings (SSSR count). The molecule has 1 N–H and O–H groups in total. The lowest BCUT2D eigenvalue weighted by Gasteiger charge is -2.37. The van der Waals surface area contributed by atoms with Crippen LogP contribution >= 0.6 is 11.3 Å². The molecule has 1 aromatic heterocycles. The Balaban J connectivity index is 1.66. The highest BCUT2D eigenvalue weighted by Crippen LogP contribution is 2.35. The van der Waals surface area contributed by atoms with Gasteiger partial charge in [-0.15, -0.1) is 11.3 Å². The van der Waals surface area contributed by atoms with Crippen LogP contribution in [0, 0.1) is 12.3 Å². The van der Waals surface area contributed by atoms with Gasteiger partial charge >= 0.3 is 0 Å². The summed E-state index contributed by atoms with van der Waals surface area (Å²) in [5, 5.41) is 7.18. The van der Waals surface area contributed by atoms with Crippen molar-refractivity contribution in [1.82, 2.24) is 10.3 Å². The van der Waals surface area contributed by atoms with Crippen LogP contribution in [0.1, 0.15) is 36.4 Å². The van der Waals surface area contributed by atoms with Crippen LogP contribution in [0.15, 0.2) is 5.38 Å². The zero-order chi connectivity index (χ0) is 12.4. The first kappa shape index (κ1) is 12.6. The second-order valence-electron chi connectivity index (χ2n) is 5.83. The molecule has 0 amide bonds. The number of hydrogen-bond acceptors (Lipinski definition) is 4. The minimum Gasteiger partial charge on any atom is -0.381 e. The smallest absolute Gasteiger partial charge is 0.0934 e. The van der Waals surface area contributed by atoms with E-state index < -0.39 is 0 Å². The number of aryl methyl sites for hydroxylation is 1. The Labute approximate surface area is 113 Å². The molecule has 2 fully saturated rings. The number of nitrogens with zero attached hydrogens (tertiary/aromatic N) is 1. The van der Waals surface area contributed by atoms with Crippen LogP contribution in [0.3, 0.4) is 0 Å². The molecule has 1 aliphatic heterocycles. The van der Waals surface area contributed by atoms with Gasteiger partial charge in [0, 0.05) is 43.3 Å². The maximum absolute atomic E-state index is 5.55. The molecule has 2 heterocycles. The van der Waals surface area contributed by atoms with E-state index >= 15 is 0 Å². The highest BCUT2D eigenvalue weighted by molar-refractivity contribution is 7.09. The number of nitrogens with one attached hydrogen (secondary N) is 1. The number of hydrogen-bond donors (Lipinski definition) is 1. The fourth-order valence-electron chi connectivity index (χ4n) is 2.67. The van der Waals surface area contributed by atoms with E-state index in [0.29, 0.717) is 5.41 Å². The molecule has 3 nitrogen and oxygen atoms in total. The van der Waals surface area contributed by atoms with Gasteiger partial charge in [0.15, 0.2) is 0 Å². The fourth-order valence-corrected chi connectivity index (χ4v) is 3.62. The van der Waals surface area contributed by atoms with Gasteiger partial charge in [-0.05, 0) is 38.0 Å². The van der Waals surface area contributed by atoms with E-state index in [1.54, 1.807) is 0 Å². The van der Waals surface area contributed by atoms with Crippen LogP contribution in [0.2, 0.25) is 0 Å². The number of aromatic nitrogens is 1. The largest absolute Gasteiger partial charge is 0.381 e. The molecule has 0 atom stereocenters. The van der Waals surface area contributed by atoms with Gasteiger partial charge in [-0.25, -0.2) is 4.98 Å². The summed E-state index contributed by atoms with van der Waals surface area (Å²) < 4.78 is 5.55. The van der Waals surface area contributed by atoms with Gasteiger partial charge in [0.1, 0.15) is 0 Å². The van der Waals surface area contributed by atoms with Crippen molar-refractivity contribution < 1.29 is 4.74 Å². The first-order valence-corrected chi connectivity index (χ1v) is 7.86. The Morgan fingerprint density at radius 3 is 2.83 bits per heavy atom. The van der Waals surface area contributed by atoms with Crippen LogP contribution in [-0.2, 0) is 11.2 Å². The van der Waals surface area contributed by atoms with Crippen molar-refractivity contribution in [2.24, 2.45) is 5.41 Å². The predicted molar refractivity (Wildman–Crippen MR) is 74.1 cm³/mol. The van der Waals surface area contributed by atoms with Crippen molar-refractivity contribution in [3.63, 3.8) is 0 Å². The summed E-state index contributed by atoms with van der Waals surface area (Å²) in [5.74, 6) is 0. The van der Waals surface area contributed by atoms with Gasteiger partial charge in [0.25, 0.3) is 0 Å². The molecule has 0 spiro atoms. The summed E-state index contributed by atoms with van der Waals surface area (Å²) in [6, 6.07) is 0.794. The van der Waals surface area contributed by atoms with Crippen molar-refractivity contribution >= 4 is 11.3 Å². The molecule has 0 unspecified atom stereocenters. The standard InChI is InChI=1S/C14H22N2OS/c1-11-9-18-13(16-11)8-14(4-6-17-7-5-14)10-15-12-2-3-12/h9,12,15H,2-8,10H2,1H3. The average Bonchev–Trinajstić information content (AvgIpc) is 3.12. The Morgan fingerprint density at radius 1 is 1.44 bits per heavy atom. The third-order valence-corrected chi connectivity index (χ3v) is 5.06. The van der Waals surface area contributed by atoms with Crippen LogP contribution in [0.4, 0.5) is 0 Å². The van der Waals surface area contributed by atoms with E-state index in [1.165, 1.54) is 30.7 Å². The summed E-state index contributed by atoms with van der Waals surface area (Å²) >= 11 is 1.81. The normalized spacial score (nSPS) is 23.2. The first-order chi connectivity index (χ1) is 8.76. The predicted octanol–water partition coefficient (Wildman–Crippen LogP) is 2.54. The molecular formula is C14H22N2OS. The van der Waals surface area contributed by atoms with E-state index in [2.05, 4.69) is 22.6 Å². The third kappa shape index (κ3) is 3.11. The lowest BCUT2D eigenvalue weighted by atomic mass is 9.77. The average molecular weight is 266 g/mol. The third-order valence-electron chi connectivity index (χ3n) is 4.09.